The largest absolute Gasteiger partial charge is 0.366 e. The van der Waals surface area contributed by atoms with Gasteiger partial charge in [0.25, 0.3) is 11.6 Å². The number of nitrogens with one attached hydrogen (secondary N) is 2. The van der Waals surface area contributed by atoms with Gasteiger partial charge in [-0.2, -0.15) is 0 Å². The van der Waals surface area contributed by atoms with E-state index in [9.17, 15) is 19.7 Å². The van der Waals surface area contributed by atoms with E-state index in [1.807, 2.05) is 4.90 Å². The van der Waals surface area contributed by atoms with Crippen LogP contribution in [0, 0.1) is 10.1 Å². The highest BCUT2D eigenvalue weighted by atomic mass is 16.6. The van der Waals surface area contributed by atoms with Gasteiger partial charge in [0.1, 0.15) is 11.7 Å². The number of hydrogen-bond donors (Lipinski definition) is 2. The molecule has 1 heterocycles. The quantitative estimate of drug-likeness (QED) is 0.596. The van der Waals surface area contributed by atoms with Crippen LogP contribution in [0.1, 0.15) is 49.9 Å². The van der Waals surface area contributed by atoms with Crippen LogP contribution in [0.5, 0.6) is 0 Å². The number of nitro groups is 1. The predicted octanol–water partition coefficient (Wildman–Crippen LogP) is 2.23. The molecule has 0 saturated carbocycles. The van der Waals surface area contributed by atoms with E-state index in [1.165, 1.54) is 6.07 Å². The number of nitro benzene ring substituents is 1. The summed E-state index contributed by atoms with van der Waals surface area (Å²) in [5, 5.41) is 16.7. The number of carbonyl (C=O) groups is 2. The molecule has 1 aromatic carbocycles. The molecular weight excluding hydrogens is 336 g/mol. The first-order chi connectivity index (χ1) is 12.4. The molecule has 142 valence electrons. The van der Waals surface area contributed by atoms with Crippen molar-refractivity contribution < 1.29 is 14.5 Å². The summed E-state index contributed by atoms with van der Waals surface area (Å²) in [5.74, 6) is -0.800. The third kappa shape index (κ3) is 4.93. The minimum absolute atomic E-state index is 0.0785. The van der Waals surface area contributed by atoms with Gasteiger partial charge >= 0.3 is 0 Å². The van der Waals surface area contributed by atoms with Gasteiger partial charge in [0, 0.05) is 31.3 Å². The maximum absolute atomic E-state index is 12.4. The van der Waals surface area contributed by atoms with Gasteiger partial charge in [0.05, 0.1) is 4.92 Å². The maximum Gasteiger partial charge on any atom is 0.293 e. The summed E-state index contributed by atoms with van der Waals surface area (Å²) >= 11 is 0. The van der Waals surface area contributed by atoms with Gasteiger partial charge in [-0.25, -0.2) is 0 Å². The van der Waals surface area contributed by atoms with Gasteiger partial charge in [0.2, 0.25) is 5.91 Å². The molecule has 8 heteroatoms. The molecule has 26 heavy (non-hydrogen) atoms. The zero-order valence-corrected chi connectivity index (χ0v) is 15.3. The smallest absolute Gasteiger partial charge is 0.293 e. The van der Waals surface area contributed by atoms with Crippen LogP contribution in [0.25, 0.3) is 0 Å². The number of hydrogen-bond acceptors (Lipinski definition) is 5. The molecule has 2 amide bonds. The third-order valence-corrected chi connectivity index (χ3v) is 4.47. The zero-order valence-electron chi connectivity index (χ0n) is 15.3. The number of likely N-dealkylation sites (N-methyl/N-ethyl adjacent to an activating group) is 1. The fraction of sp³-hybridized carbons (Fsp3) is 0.556. The molecule has 2 rings (SSSR count). The second kappa shape index (κ2) is 9.17. The van der Waals surface area contributed by atoms with E-state index in [0.29, 0.717) is 12.2 Å². The van der Waals surface area contributed by atoms with Gasteiger partial charge in [-0.05, 0) is 38.8 Å². The van der Waals surface area contributed by atoms with E-state index < -0.39 is 16.9 Å². The highest BCUT2D eigenvalue weighted by Crippen LogP contribution is 2.31. The van der Waals surface area contributed by atoms with Crippen molar-refractivity contribution in [3.63, 3.8) is 0 Å². The van der Waals surface area contributed by atoms with Crippen molar-refractivity contribution in [3.05, 3.63) is 33.9 Å². The van der Waals surface area contributed by atoms with Crippen molar-refractivity contribution in [1.29, 1.82) is 0 Å². The molecule has 1 aliphatic rings. The summed E-state index contributed by atoms with van der Waals surface area (Å²) in [6.07, 6.45) is 4.26. The van der Waals surface area contributed by atoms with Gasteiger partial charge in [-0.1, -0.05) is 12.8 Å². The van der Waals surface area contributed by atoms with E-state index in [4.69, 9.17) is 0 Å². The average molecular weight is 362 g/mol. The van der Waals surface area contributed by atoms with Crippen molar-refractivity contribution >= 4 is 23.2 Å². The topological polar surface area (TPSA) is 105 Å². The van der Waals surface area contributed by atoms with Crippen LogP contribution in [0.15, 0.2) is 18.2 Å². The Kier molecular flexibility index (Phi) is 6.94. The molecule has 8 nitrogen and oxygen atoms in total. The minimum atomic E-state index is -0.716. The highest BCUT2D eigenvalue weighted by molar-refractivity contribution is 5.98. The van der Waals surface area contributed by atoms with Crippen LogP contribution in [0.2, 0.25) is 0 Å². The normalized spacial score (nSPS) is 15.7. The molecule has 0 bridgehead atoms. The third-order valence-electron chi connectivity index (χ3n) is 4.47. The molecule has 1 saturated heterocycles. The molecule has 0 radical (unpaired) electrons. The number of amides is 2. The van der Waals surface area contributed by atoms with E-state index in [1.54, 1.807) is 26.0 Å². The van der Waals surface area contributed by atoms with Crippen LogP contribution >= 0.6 is 0 Å². The van der Waals surface area contributed by atoms with E-state index in [0.717, 1.165) is 38.8 Å². The molecule has 1 aromatic rings. The van der Waals surface area contributed by atoms with E-state index in [-0.39, 0.29) is 17.2 Å². The summed E-state index contributed by atoms with van der Waals surface area (Å²) in [7, 11) is 0. The summed E-state index contributed by atoms with van der Waals surface area (Å²) in [6, 6.07) is 3.79. The Morgan fingerprint density at radius 2 is 1.88 bits per heavy atom. The lowest BCUT2D eigenvalue weighted by Crippen LogP contribution is -2.44. The summed E-state index contributed by atoms with van der Waals surface area (Å²) in [4.78, 5) is 37.2. The second-order valence-corrected chi connectivity index (χ2v) is 6.45. The molecule has 1 atom stereocenters. The Morgan fingerprint density at radius 1 is 1.23 bits per heavy atom. The maximum atomic E-state index is 12.4. The van der Waals surface area contributed by atoms with Crippen molar-refractivity contribution in [1.82, 2.24) is 10.6 Å². The van der Waals surface area contributed by atoms with Crippen LogP contribution in [-0.4, -0.2) is 42.4 Å². The fourth-order valence-electron chi connectivity index (χ4n) is 3.06. The van der Waals surface area contributed by atoms with E-state index >= 15 is 0 Å². The Hall–Kier alpha value is -2.64. The molecule has 1 fully saturated rings. The summed E-state index contributed by atoms with van der Waals surface area (Å²) in [6.45, 7) is 5.39. The first-order valence-electron chi connectivity index (χ1n) is 9.06. The first-order valence-corrected chi connectivity index (χ1v) is 9.06. The standard InChI is InChI=1S/C18H26N4O4/c1-3-19-17(23)13(2)20-18(24)14-8-9-15(16(12-14)22(25)26)21-10-6-4-5-7-11-21/h8-9,12-13H,3-7,10-11H2,1-2H3,(H,19,23)(H,20,24)/t13-/m1/s1. The number of rotatable bonds is 6. The Labute approximate surface area is 153 Å². The Morgan fingerprint density at radius 3 is 2.46 bits per heavy atom. The molecule has 0 aromatic heterocycles. The summed E-state index contributed by atoms with van der Waals surface area (Å²) < 4.78 is 0. The second-order valence-electron chi connectivity index (χ2n) is 6.45. The predicted molar refractivity (Wildman–Crippen MR) is 99.4 cm³/mol. The van der Waals surface area contributed by atoms with Gasteiger partial charge in [0.15, 0.2) is 0 Å². The number of nitrogens with zero attached hydrogens (tertiary/aromatic N) is 2. The zero-order chi connectivity index (χ0) is 19.1. The van der Waals surface area contributed by atoms with Crippen LogP contribution in [0.3, 0.4) is 0 Å². The van der Waals surface area contributed by atoms with Crippen LogP contribution < -0.4 is 15.5 Å². The molecule has 0 unspecified atom stereocenters. The Bertz CT molecular complexity index is 669. The van der Waals surface area contributed by atoms with Crippen molar-refractivity contribution in [3.8, 4) is 0 Å². The summed E-state index contributed by atoms with van der Waals surface area (Å²) in [5.41, 5.74) is 0.641. The SMILES string of the molecule is CCNC(=O)[C@@H](C)NC(=O)c1ccc(N2CCCCCC2)c([N+](=O)[O-])c1. The molecular formula is C18H26N4O4. The monoisotopic (exact) mass is 362 g/mol. The lowest BCUT2D eigenvalue weighted by Gasteiger charge is -2.22. The Balaban J connectivity index is 2.20. The van der Waals surface area contributed by atoms with Crippen molar-refractivity contribution in [2.75, 3.05) is 24.5 Å². The molecule has 0 spiro atoms. The number of carbonyl (C=O) groups excluding carboxylic acids is 2. The van der Waals surface area contributed by atoms with Crippen LogP contribution in [0.4, 0.5) is 11.4 Å². The molecule has 2 N–H and O–H groups in total. The molecule has 0 aliphatic carbocycles. The van der Waals surface area contributed by atoms with Gasteiger partial charge in [-0.3, -0.25) is 19.7 Å². The van der Waals surface area contributed by atoms with E-state index in [2.05, 4.69) is 10.6 Å². The number of anilines is 1. The first kappa shape index (κ1) is 19.7. The van der Waals surface area contributed by atoms with Crippen molar-refractivity contribution in [2.45, 2.75) is 45.6 Å². The number of benzene rings is 1. The highest BCUT2D eigenvalue weighted by Gasteiger charge is 2.23. The lowest BCUT2D eigenvalue weighted by atomic mass is 10.1. The fourth-order valence-corrected chi connectivity index (χ4v) is 3.06. The van der Waals surface area contributed by atoms with Gasteiger partial charge in [-0.15, -0.1) is 0 Å². The minimum Gasteiger partial charge on any atom is -0.366 e. The van der Waals surface area contributed by atoms with Crippen LogP contribution in [-0.2, 0) is 4.79 Å². The molecule has 1 aliphatic heterocycles. The van der Waals surface area contributed by atoms with Gasteiger partial charge < -0.3 is 15.5 Å². The average Bonchev–Trinajstić information content (AvgIpc) is 2.90. The lowest BCUT2D eigenvalue weighted by molar-refractivity contribution is -0.384. The van der Waals surface area contributed by atoms with Crippen molar-refractivity contribution in [2.24, 2.45) is 0 Å².